The summed E-state index contributed by atoms with van der Waals surface area (Å²) in [5.41, 5.74) is -0.957. The van der Waals surface area contributed by atoms with E-state index in [2.05, 4.69) is 15.3 Å². The van der Waals surface area contributed by atoms with Gasteiger partial charge >= 0.3 is 18.3 Å². The van der Waals surface area contributed by atoms with E-state index in [-0.39, 0.29) is 23.9 Å². The predicted molar refractivity (Wildman–Crippen MR) is 87.1 cm³/mol. The number of nitrogens with zero attached hydrogens (tertiary/aromatic N) is 3. The summed E-state index contributed by atoms with van der Waals surface area (Å²) in [6.45, 7) is 4.18. The van der Waals surface area contributed by atoms with Crippen LogP contribution < -0.4 is 10.1 Å². The minimum absolute atomic E-state index is 0.152. The van der Waals surface area contributed by atoms with Gasteiger partial charge in [0, 0.05) is 38.3 Å². The summed E-state index contributed by atoms with van der Waals surface area (Å²) >= 11 is 0. The van der Waals surface area contributed by atoms with Gasteiger partial charge in [-0.2, -0.15) is 13.2 Å². The van der Waals surface area contributed by atoms with E-state index in [1.165, 1.54) is 0 Å². The van der Waals surface area contributed by atoms with E-state index < -0.39 is 23.9 Å². The lowest BCUT2D eigenvalue weighted by Crippen LogP contribution is -2.53. The van der Waals surface area contributed by atoms with Gasteiger partial charge in [-0.05, 0) is 5.92 Å². The molecule has 2 heterocycles. The number of hydrogen-bond donors (Lipinski definition) is 2. The number of piperidine rings is 1. The van der Waals surface area contributed by atoms with Crippen molar-refractivity contribution in [3.63, 3.8) is 0 Å². The van der Waals surface area contributed by atoms with Crippen LogP contribution in [0.1, 0.15) is 32.3 Å². The van der Waals surface area contributed by atoms with Gasteiger partial charge in [0.1, 0.15) is 12.1 Å². The fraction of sp³-hybridized carbons (Fsp3) is 0.625. The van der Waals surface area contributed by atoms with Crippen LogP contribution in [0.15, 0.2) is 12.4 Å². The van der Waals surface area contributed by atoms with Crippen LogP contribution in [0, 0.1) is 5.92 Å². The van der Waals surface area contributed by atoms with Crippen LogP contribution in [0.5, 0.6) is 6.01 Å². The number of likely N-dealkylation sites (tertiary alicyclic amines) is 1. The second-order valence-corrected chi connectivity index (χ2v) is 6.57. The van der Waals surface area contributed by atoms with Crippen molar-refractivity contribution in [1.29, 1.82) is 0 Å². The molecule has 0 bridgehead atoms. The SMILES string of the molecule is CC(C)[C@H](NC(=O)O)C(=O)N1CCC(Oc2ncc(C(F)(F)F)cn2)CC1. The minimum atomic E-state index is -4.51. The molecule has 2 amide bonds. The normalized spacial score (nSPS) is 16.9. The number of aromatic nitrogens is 2. The molecule has 1 fully saturated rings. The van der Waals surface area contributed by atoms with Gasteiger partial charge < -0.3 is 20.1 Å². The summed E-state index contributed by atoms with van der Waals surface area (Å²) in [6.07, 6.45) is -3.92. The molecule has 1 aromatic heterocycles. The van der Waals surface area contributed by atoms with Crippen molar-refractivity contribution in [3.8, 4) is 6.01 Å². The number of amides is 2. The van der Waals surface area contributed by atoms with Gasteiger partial charge in [0.25, 0.3) is 0 Å². The van der Waals surface area contributed by atoms with Crippen molar-refractivity contribution in [2.75, 3.05) is 13.1 Å². The lowest BCUT2D eigenvalue weighted by atomic mass is 10.0. The predicted octanol–water partition coefficient (Wildman–Crippen LogP) is 2.16. The molecule has 0 unspecified atom stereocenters. The Morgan fingerprint density at radius 2 is 1.81 bits per heavy atom. The number of ether oxygens (including phenoxy) is 1. The molecule has 27 heavy (non-hydrogen) atoms. The molecule has 0 saturated carbocycles. The number of nitrogens with one attached hydrogen (secondary N) is 1. The smallest absolute Gasteiger partial charge is 0.419 e. The molecular weight excluding hydrogens is 369 g/mol. The first kappa shape index (κ1) is 20.7. The molecule has 11 heteroatoms. The van der Waals surface area contributed by atoms with E-state index in [1.807, 2.05) is 0 Å². The second kappa shape index (κ2) is 8.40. The molecular formula is C16H21F3N4O4. The fourth-order valence-corrected chi connectivity index (χ4v) is 2.71. The number of carbonyl (C=O) groups excluding carboxylic acids is 1. The molecule has 150 valence electrons. The van der Waals surface area contributed by atoms with Crippen LogP contribution in [-0.4, -0.2) is 57.2 Å². The van der Waals surface area contributed by atoms with Crippen molar-refractivity contribution >= 4 is 12.0 Å². The topological polar surface area (TPSA) is 105 Å². The number of alkyl halides is 3. The van der Waals surface area contributed by atoms with Gasteiger partial charge in [0.15, 0.2) is 0 Å². The van der Waals surface area contributed by atoms with Crippen molar-refractivity contribution < 1.29 is 32.6 Å². The van der Waals surface area contributed by atoms with Crippen LogP contribution >= 0.6 is 0 Å². The molecule has 2 N–H and O–H groups in total. The number of halogens is 3. The highest BCUT2D eigenvalue weighted by Gasteiger charge is 2.33. The summed E-state index contributed by atoms with van der Waals surface area (Å²) in [4.78, 5) is 32.0. The lowest BCUT2D eigenvalue weighted by Gasteiger charge is -2.34. The summed E-state index contributed by atoms with van der Waals surface area (Å²) in [5, 5.41) is 11.1. The average Bonchev–Trinajstić information content (AvgIpc) is 2.59. The van der Waals surface area contributed by atoms with E-state index >= 15 is 0 Å². The van der Waals surface area contributed by atoms with E-state index in [9.17, 15) is 22.8 Å². The Kier molecular flexibility index (Phi) is 6.45. The van der Waals surface area contributed by atoms with Gasteiger partial charge in [-0.15, -0.1) is 0 Å². The molecule has 2 rings (SSSR count). The third-order valence-electron chi connectivity index (χ3n) is 4.19. The Bertz CT molecular complexity index is 659. The highest BCUT2D eigenvalue weighted by atomic mass is 19.4. The molecule has 1 aliphatic heterocycles. The summed E-state index contributed by atoms with van der Waals surface area (Å²) < 4.78 is 43.0. The highest BCUT2D eigenvalue weighted by Crippen LogP contribution is 2.28. The van der Waals surface area contributed by atoms with Gasteiger partial charge in [-0.1, -0.05) is 13.8 Å². The van der Waals surface area contributed by atoms with Gasteiger partial charge in [-0.25, -0.2) is 14.8 Å². The zero-order valence-electron chi connectivity index (χ0n) is 14.9. The third-order valence-corrected chi connectivity index (χ3v) is 4.19. The number of carboxylic acid groups (broad SMARTS) is 1. The van der Waals surface area contributed by atoms with E-state index in [4.69, 9.17) is 9.84 Å². The maximum absolute atomic E-state index is 12.5. The lowest BCUT2D eigenvalue weighted by molar-refractivity contribution is -0.138. The standard InChI is InChI=1S/C16H21F3N4O4/c1-9(2)12(22-15(25)26)13(24)23-5-3-11(4-6-23)27-14-20-7-10(8-21-14)16(17,18)19/h7-9,11-12,22H,3-6H2,1-2H3,(H,25,26)/t12-/m0/s1. The Labute approximate surface area is 153 Å². The fourth-order valence-electron chi connectivity index (χ4n) is 2.71. The zero-order chi connectivity index (χ0) is 20.2. The Morgan fingerprint density at radius 1 is 1.26 bits per heavy atom. The molecule has 1 aromatic rings. The van der Waals surface area contributed by atoms with Crippen molar-refractivity contribution in [1.82, 2.24) is 20.2 Å². The van der Waals surface area contributed by atoms with Crippen LogP contribution in [0.25, 0.3) is 0 Å². The van der Waals surface area contributed by atoms with E-state index in [0.717, 1.165) is 0 Å². The van der Waals surface area contributed by atoms with E-state index in [0.29, 0.717) is 38.3 Å². The van der Waals surface area contributed by atoms with Crippen LogP contribution in [-0.2, 0) is 11.0 Å². The number of hydrogen-bond acceptors (Lipinski definition) is 5. The Hall–Kier alpha value is -2.59. The first-order chi connectivity index (χ1) is 12.6. The Balaban J connectivity index is 1.89. The quantitative estimate of drug-likeness (QED) is 0.798. The van der Waals surface area contributed by atoms with Crippen LogP contribution in [0.4, 0.5) is 18.0 Å². The average molecular weight is 390 g/mol. The molecule has 0 radical (unpaired) electrons. The summed E-state index contributed by atoms with van der Waals surface area (Å²) in [7, 11) is 0. The summed E-state index contributed by atoms with van der Waals surface area (Å²) in [5.74, 6) is -0.514. The third kappa shape index (κ3) is 5.69. The zero-order valence-corrected chi connectivity index (χ0v) is 14.9. The molecule has 0 aromatic carbocycles. The minimum Gasteiger partial charge on any atom is -0.465 e. The van der Waals surface area contributed by atoms with Crippen molar-refractivity contribution in [3.05, 3.63) is 18.0 Å². The molecule has 1 aliphatic rings. The first-order valence-corrected chi connectivity index (χ1v) is 8.42. The van der Waals surface area contributed by atoms with Crippen molar-refractivity contribution in [2.24, 2.45) is 5.92 Å². The van der Waals surface area contributed by atoms with Gasteiger partial charge in [-0.3, -0.25) is 4.79 Å². The van der Waals surface area contributed by atoms with Crippen molar-refractivity contribution in [2.45, 2.75) is 45.0 Å². The van der Waals surface area contributed by atoms with Gasteiger partial charge in [0.2, 0.25) is 5.91 Å². The highest BCUT2D eigenvalue weighted by molar-refractivity contribution is 5.85. The van der Waals surface area contributed by atoms with Gasteiger partial charge in [0.05, 0.1) is 5.56 Å². The molecule has 0 aliphatic carbocycles. The maximum Gasteiger partial charge on any atom is 0.419 e. The first-order valence-electron chi connectivity index (χ1n) is 8.42. The largest absolute Gasteiger partial charge is 0.465 e. The maximum atomic E-state index is 12.5. The molecule has 0 spiro atoms. The molecule has 1 atom stereocenters. The molecule has 8 nitrogen and oxygen atoms in total. The second-order valence-electron chi connectivity index (χ2n) is 6.57. The monoisotopic (exact) mass is 390 g/mol. The Morgan fingerprint density at radius 3 is 2.26 bits per heavy atom. The van der Waals surface area contributed by atoms with Crippen LogP contribution in [0.3, 0.4) is 0 Å². The summed E-state index contributed by atoms with van der Waals surface area (Å²) in [6, 6.07) is -0.987. The number of carbonyl (C=O) groups is 2. The van der Waals surface area contributed by atoms with Crippen LogP contribution in [0.2, 0.25) is 0 Å². The number of rotatable bonds is 5. The van der Waals surface area contributed by atoms with E-state index in [1.54, 1.807) is 18.7 Å². The molecule has 1 saturated heterocycles.